The zero-order valence-electron chi connectivity index (χ0n) is 10.9. The van der Waals surface area contributed by atoms with Gasteiger partial charge in [-0.2, -0.15) is 0 Å². The minimum atomic E-state index is 0.407. The summed E-state index contributed by atoms with van der Waals surface area (Å²) in [6.45, 7) is 7.40. The van der Waals surface area contributed by atoms with Gasteiger partial charge in [0.15, 0.2) is 0 Å². The molecule has 0 aliphatic rings. The molecule has 0 nitrogen and oxygen atoms in total. The maximum absolute atomic E-state index is 3.74. The first-order valence-corrected chi connectivity index (χ1v) is 7.88. The van der Waals surface area contributed by atoms with Crippen LogP contribution < -0.4 is 4.46 Å². The molecule has 0 N–H and O–H groups in total. The van der Waals surface area contributed by atoms with Crippen molar-refractivity contribution in [1.29, 1.82) is 0 Å². The van der Waals surface area contributed by atoms with Gasteiger partial charge in [0.1, 0.15) is 0 Å². The Labute approximate surface area is 122 Å². The van der Waals surface area contributed by atoms with E-state index in [1.165, 1.54) is 4.46 Å². The normalized spacial score (nSPS) is 12.5. The van der Waals surface area contributed by atoms with E-state index in [4.69, 9.17) is 0 Å². The molecule has 1 heteroatoms. The standard InChI is InChI=1S/C18H18Se/c1-3-12-17(4-2)13-8-5-6-11-16-19-18-14-9-7-10-15-18/h3-16H,1-2H2/b6-5-,13-8-,16-11+,17-12+. The van der Waals surface area contributed by atoms with Crippen LogP contribution >= 0.6 is 0 Å². The molecule has 0 aromatic heterocycles. The summed E-state index contributed by atoms with van der Waals surface area (Å²) in [5.74, 6) is 0. The van der Waals surface area contributed by atoms with E-state index in [0.717, 1.165) is 5.57 Å². The van der Waals surface area contributed by atoms with Gasteiger partial charge < -0.3 is 0 Å². The summed E-state index contributed by atoms with van der Waals surface area (Å²) in [7, 11) is 0. The van der Waals surface area contributed by atoms with Gasteiger partial charge in [-0.15, -0.1) is 0 Å². The predicted octanol–water partition coefficient (Wildman–Crippen LogP) is 3.94. The van der Waals surface area contributed by atoms with Gasteiger partial charge in [-0.25, -0.2) is 0 Å². The van der Waals surface area contributed by atoms with Crippen molar-refractivity contribution in [2.45, 2.75) is 0 Å². The third-order valence-electron chi connectivity index (χ3n) is 2.19. The van der Waals surface area contributed by atoms with E-state index >= 15 is 0 Å². The van der Waals surface area contributed by atoms with E-state index in [-0.39, 0.29) is 0 Å². The Bertz CT molecular complexity index is 502. The Morgan fingerprint density at radius 2 is 1.68 bits per heavy atom. The fraction of sp³-hybridized carbons (Fsp3) is 0. The molecule has 0 aliphatic heterocycles. The van der Waals surface area contributed by atoms with Crippen molar-refractivity contribution in [3.05, 3.63) is 103 Å². The molecule has 0 spiro atoms. The summed E-state index contributed by atoms with van der Waals surface area (Å²) in [6, 6.07) is 10.5. The van der Waals surface area contributed by atoms with Crippen LogP contribution in [0.25, 0.3) is 0 Å². The van der Waals surface area contributed by atoms with E-state index in [9.17, 15) is 0 Å². The SMILES string of the molecule is C=C/C=C(C=C)/C=C\C=C/C=C/[Se]c1ccccc1. The molecular formula is C18H18Se. The topological polar surface area (TPSA) is 0 Å². The Hall–Kier alpha value is -1.82. The van der Waals surface area contributed by atoms with Crippen molar-refractivity contribution in [3.63, 3.8) is 0 Å². The Balaban J connectivity index is 2.38. The number of hydrogen-bond acceptors (Lipinski definition) is 0. The molecule has 0 saturated carbocycles. The number of benzene rings is 1. The number of allylic oxidation sites excluding steroid dienone is 9. The molecule has 1 aromatic rings. The van der Waals surface area contributed by atoms with E-state index in [2.05, 4.69) is 48.5 Å². The Morgan fingerprint density at radius 3 is 2.37 bits per heavy atom. The van der Waals surface area contributed by atoms with Gasteiger partial charge in [0, 0.05) is 0 Å². The Kier molecular flexibility index (Phi) is 8.13. The van der Waals surface area contributed by atoms with Crippen LogP contribution in [0.2, 0.25) is 0 Å². The van der Waals surface area contributed by atoms with E-state index in [0.29, 0.717) is 15.0 Å². The van der Waals surface area contributed by atoms with E-state index in [1.54, 1.807) is 12.2 Å². The first-order chi connectivity index (χ1) is 9.36. The van der Waals surface area contributed by atoms with Gasteiger partial charge in [-0.05, 0) is 0 Å². The number of hydrogen-bond donors (Lipinski definition) is 0. The second-order valence-electron chi connectivity index (χ2n) is 3.61. The average molecular weight is 313 g/mol. The van der Waals surface area contributed by atoms with Crippen molar-refractivity contribution in [3.8, 4) is 0 Å². The summed E-state index contributed by atoms with van der Waals surface area (Å²) in [5, 5.41) is 0. The van der Waals surface area contributed by atoms with Gasteiger partial charge in [0.25, 0.3) is 0 Å². The zero-order valence-corrected chi connectivity index (χ0v) is 12.6. The van der Waals surface area contributed by atoms with Crippen LogP contribution in [0, 0.1) is 0 Å². The van der Waals surface area contributed by atoms with E-state index < -0.39 is 0 Å². The summed E-state index contributed by atoms with van der Waals surface area (Å²) in [6.07, 6.45) is 15.6. The van der Waals surface area contributed by atoms with Crippen LogP contribution in [0.15, 0.2) is 103 Å². The molecule has 0 unspecified atom stereocenters. The summed E-state index contributed by atoms with van der Waals surface area (Å²) in [5.41, 5.74) is 1.05. The first-order valence-electron chi connectivity index (χ1n) is 6.03. The predicted molar refractivity (Wildman–Crippen MR) is 87.7 cm³/mol. The van der Waals surface area contributed by atoms with Crippen LogP contribution in [-0.2, 0) is 0 Å². The van der Waals surface area contributed by atoms with Crippen LogP contribution in [0.4, 0.5) is 0 Å². The minimum absolute atomic E-state index is 0.407. The molecule has 0 fully saturated rings. The van der Waals surface area contributed by atoms with Crippen molar-refractivity contribution in [2.24, 2.45) is 0 Å². The molecule has 1 rings (SSSR count). The quantitative estimate of drug-likeness (QED) is 0.528. The molecule has 1 aromatic carbocycles. The summed E-state index contributed by atoms with van der Waals surface area (Å²) in [4.78, 5) is 2.21. The molecule has 0 bridgehead atoms. The van der Waals surface area contributed by atoms with Crippen LogP contribution in [0.3, 0.4) is 0 Å². The molecule has 0 radical (unpaired) electrons. The maximum atomic E-state index is 3.74. The number of rotatable bonds is 7. The van der Waals surface area contributed by atoms with Crippen LogP contribution in [0.1, 0.15) is 0 Å². The van der Waals surface area contributed by atoms with Gasteiger partial charge >= 0.3 is 122 Å². The fourth-order valence-electron chi connectivity index (χ4n) is 1.28. The van der Waals surface area contributed by atoms with Crippen LogP contribution in [-0.4, -0.2) is 15.0 Å². The van der Waals surface area contributed by atoms with Gasteiger partial charge in [-0.1, -0.05) is 0 Å². The zero-order chi connectivity index (χ0) is 13.8. The molecule has 0 heterocycles. The molecule has 0 saturated heterocycles. The third-order valence-corrected chi connectivity index (χ3v) is 3.95. The van der Waals surface area contributed by atoms with Crippen molar-refractivity contribution in [2.75, 3.05) is 0 Å². The van der Waals surface area contributed by atoms with Crippen LogP contribution in [0.5, 0.6) is 0 Å². The second-order valence-corrected chi connectivity index (χ2v) is 5.66. The third kappa shape index (κ3) is 7.25. The summed E-state index contributed by atoms with van der Waals surface area (Å²) >= 11 is 0.407. The van der Waals surface area contributed by atoms with Crippen molar-refractivity contribution < 1.29 is 0 Å². The van der Waals surface area contributed by atoms with Gasteiger partial charge in [-0.3, -0.25) is 0 Å². The molecule has 0 amide bonds. The molecule has 19 heavy (non-hydrogen) atoms. The summed E-state index contributed by atoms with van der Waals surface area (Å²) < 4.78 is 1.39. The first kappa shape index (κ1) is 15.2. The average Bonchev–Trinajstić information content (AvgIpc) is 2.46. The monoisotopic (exact) mass is 314 g/mol. The van der Waals surface area contributed by atoms with Gasteiger partial charge in [0.05, 0.1) is 0 Å². The van der Waals surface area contributed by atoms with Crippen molar-refractivity contribution >= 4 is 19.4 Å². The molecule has 96 valence electrons. The second kappa shape index (κ2) is 10.1. The van der Waals surface area contributed by atoms with Gasteiger partial charge in [0.2, 0.25) is 0 Å². The Morgan fingerprint density at radius 1 is 0.947 bits per heavy atom. The molecular weight excluding hydrogens is 295 g/mol. The molecule has 0 aliphatic carbocycles. The molecule has 0 atom stereocenters. The van der Waals surface area contributed by atoms with E-state index in [1.807, 2.05) is 36.4 Å². The fourth-order valence-corrected chi connectivity index (χ4v) is 2.63. The van der Waals surface area contributed by atoms with Crippen molar-refractivity contribution in [1.82, 2.24) is 0 Å².